The second-order valence-electron chi connectivity index (χ2n) is 3.92. The molecule has 1 aromatic carbocycles. The molecule has 0 unspecified atom stereocenters. The van der Waals surface area contributed by atoms with E-state index in [0.29, 0.717) is 0 Å². The van der Waals surface area contributed by atoms with Gasteiger partial charge in [0.25, 0.3) is 5.91 Å². The van der Waals surface area contributed by atoms with Gasteiger partial charge in [-0.3, -0.25) is 4.79 Å². The number of carbonyl (C=O) groups is 2. The number of halogens is 1. The zero-order valence-corrected chi connectivity index (χ0v) is 10.5. The van der Waals surface area contributed by atoms with E-state index in [2.05, 4.69) is 4.98 Å². The van der Waals surface area contributed by atoms with Crippen LogP contribution in [0.3, 0.4) is 0 Å². The van der Waals surface area contributed by atoms with Crippen molar-refractivity contribution in [1.29, 1.82) is 5.26 Å². The van der Waals surface area contributed by atoms with Crippen LogP contribution in [0.15, 0.2) is 36.4 Å². The van der Waals surface area contributed by atoms with Crippen LogP contribution < -0.4 is 10.5 Å². The number of amides is 1. The Hall–Kier alpha value is -3.27. The molecule has 1 aromatic heterocycles. The van der Waals surface area contributed by atoms with Gasteiger partial charge in [-0.1, -0.05) is 0 Å². The summed E-state index contributed by atoms with van der Waals surface area (Å²) >= 11 is 0. The van der Waals surface area contributed by atoms with Gasteiger partial charge in [-0.05, 0) is 36.4 Å². The van der Waals surface area contributed by atoms with Crippen molar-refractivity contribution in [3.8, 4) is 11.9 Å². The first-order valence-electron chi connectivity index (χ1n) is 5.70. The van der Waals surface area contributed by atoms with Gasteiger partial charge in [-0.25, -0.2) is 14.2 Å². The molecule has 7 heteroatoms. The molecule has 21 heavy (non-hydrogen) atoms. The van der Waals surface area contributed by atoms with Gasteiger partial charge in [-0.15, -0.1) is 0 Å². The van der Waals surface area contributed by atoms with Gasteiger partial charge in [0.2, 0.25) is 5.88 Å². The Morgan fingerprint density at radius 1 is 1.19 bits per heavy atom. The number of esters is 1. The molecule has 2 aromatic rings. The number of benzene rings is 1. The van der Waals surface area contributed by atoms with E-state index in [1.165, 1.54) is 24.3 Å². The fourth-order valence-corrected chi connectivity index (χ4v) is 1.50. The van der Waals surface area contributed by atoms with Gasteiger partial charge in [-0.2, -0.15) is 5.26 Å². The summed E-state index contributed by atoms with van der Waals surface area (Å²) in [6.07, 6.45) is 0. The molecular weight excluding hydrogens is 277 g/mol. The quantitative estimate of drug-likeness (QED) is 0.858. The monoisotopic (exact) mass is 285 g/mol. The predicted octanol–water partition coefficient (Wildman–Crippen LogP) is 1.41. The molecule has 0 saturated heterocycles. The maximum absolute atomic E-state index is 12.8. The van der Waals surface area contributed by atoms with Crippen molar-refractivity contribution in [2.75, 3.05) is 0 Å². The number of nitrogens with zero attached hydrogens (tertiary/aromatic N) is 2. The lowest BCUT2D eigenvalue weighted by Gasteiger charge is -2.07. The number of rotatable bonds is 3. The van der Waals surface area contributed by atoms with Gasteiger partial charge in [0.15, 0.2) is 0 Å². The standard InChI is InChI=1S/C14H8FN3O3/c15-9-3-1-8(2-4-9)14(20)21-13-11(12(17)19)6-5-10(7-16)18-13/h1-6H,(H2,17,19). The summed E-state index contributed by atoms with van der Waals surface area (Å²) in [5.41, 5.74) is 5.03. The highest BCUT2D eigenvalue weighted by molar-refractivity contribution is 5.97. The Morgan fingerprint density at radius 2 is 1.86 bits per heavy atom. The molecule has 0 radical (unpaired) electrons. The van der Waals surface area contributed by atoms with Gasteiger partial charge < -0.3 is 10.5 Å². The van der Waals surface area contributed by atoms with Crippen molar-refractivity contribution >= 4 is 11.9 Å². The minimum absolute atomic E-state index is 0.0399. The fraction of sp³-hybridized carbons (Fsp3) is 0. The average Bonchev–Trinajstić information content (AvgIpc) is 2.47. The molecule has 0 aliphatic heterocycles. The summed E-state index contributed by atoms with van der Waals surface area (Å²) in [4.78, 5) is 26.8. The number of nitriles is 1. The third-order valence-corrected chi connectivity index (χ3v) is 2.51. The molecule has 0 spiro atoms. The minimum Gasteiger partial charge on any atom is -0.403 e. The van der Waals surface area contributed by atoms with Gasteiger partial charge in [0.1, 0.15) is 23.1 Å². The van der Waals surface area contributed by atoms with Crippen molar-refractivity contribution in [2.45, 2.75) is 0 Å². The summed E-state index contributed by atoms with van der Waals surface area (Å²) < 4.78 is 17.7. The average molecular weight is 285 g/mol. The second kappa shape index (κ2) is 5.79. The first-order valence-corrected chi connectivity index (χ1v) is 5.70. The third kappa shape index (κ3) is 3.19. The van der Waals surface area contributed by atoms with Crippen molar-refractivity contribution in [2.24, 2.45) is 5.73 Å². The zero-order valence-electron chi connectivity index (χ0n) is 10.5. The van der Waals surface area contributed by atoms with E-state index in [0.717, 1.165) is 12.1 Å². The Labute approximate surface area is 118 Å². The van der Waals surface area contributed by atoms with Crippen LogP contribution in [-0.2, 0) is 0 Å². The van der Waals surface area contributed by atoms with Crippen LogP contribution in [0.2, 0.25) is 0 Å². The normalized spacial score (nSPS) is 9.71. The van der Waals surface area contributed by atoms with E-state index in [4.69, 9.17) is 15.7 Å². The number of hydrogen-bond acceptors (Lipinski definition) is 5. The molecule has 0 saturated carbocycles. The molecule has 0 bridgehead atoms. The Morgan fingerprint density at radius 3 is 2.43 bits per heavy atom. The molecule has 0 aliphatic rings. The van der Waals surface area contributed by atoms with E-state index >= 15 is 0 Å². The molecule has 1 heterocycles. The number of carbonyl (C=O) groups excluding carboxylic acids is 2. The van der Waals surface area contributed by atoms with E-state index in [1.54, 1.807) is 6.07 Å². The maximum Gasteiger partial charge on any atom is 0.344 e. The van der Waals surface area contributed by atoms with E-state index in [9.17, 15) is 14.0 Å². The van der Waals surface area contributed by atoms with Gasteiger partial charge >= 0.3 is 5.97 Å². The third-order valence-electron chi connectivity index (χ3n) is 2.51. The molecular formula is C14H8FN3O3. The molecule has 2 N–H and O–H groups in total. The summed E-state index contributed by atoms with van der Waals surface area (Å²) in [7, 11) is 0. The fourth-order valence-electron chi connectivity index (χ4n) is 1.50. The lowest BCUT2D eigenvalue weighted by atomic mass is 10.2. The smallest absolute Gasteiger partial charge is 0.344 e. The van der Waals surface area contributed by atoms with Crippen LogP contribution in [0, 0.1) is 17.1 Å². The first-order chi connectivity index (χ1) is 10.0. The summed E-state index contributed by atoms with van der Waals surface area (Å²) in [6, 6.07) is 8.87. The van der Waals surface area contributed by atoms with Crippen molar-refractivity contribution in [3.63, 3.8) is 0 Å². The summed E-state index contributed by atoms with van der Waals surface area (Å²) in [5, 5.41) is 8.76. The highest BCUT2D eigenvalue weighted by Gasteiger charge is 2.17. The van der Waals surface area contributed by atoms with E-state index in [1.807, 2.05) is 0 Å². The van der Waals surface area contributed by atoms with Gasteiger partial charge in [0, 0.05) is 0 Å². The van der Waals surface area contributed by atoms with Crippen molar-refractivity contribution < 1.29 is 18.7 Å². The number of hydrogen-bond donors (Lipinski definition) is 1. The number of aromatic nitrogens is 1. The predicted molar refractivity (Wildman–Crippen MR) is 68.8 cm³/mol. The van der Waals surface area contributed by atoms with E-state index in [-0.39, 0.29) is 22.7 Å². The summed E-state index contributed by atoms with van der Waals surface area (Å²) in [5.74, 6) is -2.57. The SMILES string of the molecule is N#Cc1ccc(C(N)=O)c(OC(=O)c2ccc(F)cc2)n1. The molecule has 2 rings (SSSR count). The van der Waals surface area contributed by atoms with Crippen molar-refractivity contribution in [1.82, 2.24) is 4.98 Å². The van der Waals surface area contributed by atoms with Crippen molar-refractivity contribution in [3.05, 3.63) is 59.0 Å². The maximum atomic E-state index is 12.8. The van der Waals surface area contributed by atoms with Gasteiger partial charge in [0.05, 0.1) is 5.56 Å². The zero-order chi connectivity index (χ0) is 15.4. The number of ether oxygens (including phenoxy) is 1. The largest absolute Gasteiger partial charge is 0.403 e. The van der Waals surface area contributed by atoms with Crippen LogP contribution in [0.5, 0.6) is 5.88 Å². The van der Waals surface area contributed by atoms with Crippen LogP contribution in [0.25, 0.3) is 0 Å². The Balaban J connectivity index is 2.34. The van der Waals surface area contributed by atoms with Crippen LogP contribution in [-0.4, -0.2) is 16.9 Å². The van der Waals surface area contributed by atoms with Crippen LogP contribution in [0.4, 0.5) is 4.39 Å². The lowest BCUT2D eigenvalue weighted by Crippen LogP contribution is -2.17. The highest BCUT2D eigenvalue weighted by Crippen LogP contribution is 2.17. The molecule has 6 nitrogen and oxygen atoms in total. The summed E-state index contributed by atoms with van der Waals surface area (Å²) in [6.45, 7) is 0. The van der Waals surface area contributed by atoms with Crippen LogP contribution >= 0.6 is 0 Å². The minimum atomic E-state index is -0.853. The number of pyridine rings is 1. The Bertz CT molecular complexity index is 751. The van der Waals surface area contributed by atoms with E-state index < -0.39 is 17.7 Å². The first kappa shape index (κ1) is 14.1. The number of nitrogens with two attached hydrogens (primary N) is 1. The molecule has 0 fully saturated rings. The molecule has 104 valence electrons. The number of primary amides is 1. The second-order valence-corrected chi connectivity index (χ2v) is 3.92. The lowest BCUT2D eigenvalue weighted by molar-refractivity contribution is 0.0725. The molecule has 1 amide bonds. The Kier molecular flexibility index (Phi) is 3.90. The van der Waals surface area contributed by atoms with Crippen LogP contribution in [0.1, 0.15) is 26.4 Å². The molecule has 0 atom stereocenters. The molecule has 0 aliphatic carbocycles. The topological polar surface area (TPSA) is 106 Å². The highest BCUT2D eigenvalue weighted by atomic mass is 19.1.